The first-order chi connectivity index (χ1) is 9.36. The number of benzene rings is 2. The van der Waals surface area contributed by atoms with Crippen LogP contribution in [-0.2, 0) is 0 Å². The quantitative estimate of drug-likeness (QED) is 0.664. The van der Waals surface area contributed by atoms with Crippen LogP contribution in [0.2, 0.25) is 0 Å². The minimum Gasteiger partial charge on any atom is -0.451 e. The molecule has 0 fully saturated rings. The summed E-state index contributed by atoms with van der Waals surface area (Å²) >= 11 is 0. The van der Waals surface area contributed by atoms with Gasteiger partial charge in [0.2, 0.25) is 0 Å². The Labute approximate surface area is 115 Å². The summed E-state index contributed by atoms with van der Waals surface area (Å²) in [6.45, 7) is 3.73. The van der Waals surface area contributed by atoms with Crippen LogP contribution in [0.15, 0.2) is 30.3 Å². The smallest absolute Gasteiger partial charge is 0.198 e. The second-order valence-corrected chi connectivity index (χ2v) is 4.61. The van der Waals surface area contributed by atoms with Crippen LogP contribution in [0.3, 0.4) is 0 Å². The summed E-state index contributed by atoms with van der Waals surface area (Å²) in [6.07, 6.45) is 0. The summed E-state index contributed by atoms with van der Waals surface area (Å²) in [5, 5.41) is 7.18. The maximum atomic E-state index is 13.8. The van der Waals surface area contributed by atoms with Crippen molar-refractivity contribution in [1.29, 1.82) is 5.41 Å². The molecule has 104 valence electrons. The predicted octanol–water partition coefficient (Wildman–Crippen LogP) is 3.66. The van der Waals surface area contributed by atoms with Gasteiger partial charge in [0.1, 0.15) is 11.6 Å². The van der Waals surface area contributed by atoms with Gasteiger partial charge in [0.15, 0.2) is 17.4 Å². The van der Waals surface area contributed by atoms with Crippen LogP contribution in [0, 0.1) is 30.9 Å². The molecule has 0 radical (unpaired) electrons. The molecule has 0 saturated heterocycles. The van der Waals surface area contributed by atoms with E-state index in [1.54, 1.807) is 12.1 Å². The molecule has 3 nitrogen and oxygen atoms in total. The van der Waals surface area contributed by atoms with Crippen molar-refractivity contribution in [2.45, 2.75) is 13.8 Å². The second-order valence-electron chi connectivity index (χ2n) is 4.61. The number of rotatable bonds is 3. The van der Waals surface area contributed by atoms with E-state index in [1.165, 1.54) is 0 Å². The fourth-order valence-corrected chi connectivity index (χ4v) is 1.92. The van der Waals surface area contributed by atoms with Gasteiger partial charge in [0.05, 0.1) is 0 Å². The molecule has 0 aliphatic rings. The average molecular weight is 276 g/mol. The van der Waals surface area contributed by atoms with Crippen LogP contribution in [0.5, 0.6) is 11.5 Å². The van der Waals surface area contributed by atoms with Crippen LogP contribution in [-0.4, -0.2) is 5.84 Å². The van der Waals surface area contributed by atoms with E-state index in [4.69, 9.17) is 15.9 Å². The molecule has 0 atom stereocenters. The third-order valence-electron chi connectivity index (χ3n) is 2.72. The molecule has 2 aromatic carbocycles. The van der Waals surface area contributed by atoms with Gasteiger partial charge in [-0.1, -0.05) is 6.07 Å². The highest BCUT2D eigenvalue weighted by Gasteiger charge is 2.15. The Kier molecular flexibility index (Phi) is 3.70. The molecule has 2 aromatic rings. The van der Waals surface area contributed by atoms with Gasteiger partial charge >= 0.3 is 0 Å². The summed E-state index contributed by atoms with van der Waals surface area (Å²) < 4.78 is 33.0. The number of halogens is 2. The van der Waals surface area contributed by atoms with Crippen LogP contribution in [0.1, 0.15) is 16.7 Å². The number of nitrogen functional groups attached to an aromatic ring is 1. The number of hydrogen-bond acceptors (Lipinski definition) is 2. The fraction of sp³-hybridized carbons (Fsp3) is 0.133. The van der Waals surface area contributed by atoms with Gasteiger partial charge in [-0.3, -0.25) is 5.41 Å². The predicted molar refractivity (Wildman–Crippen MR) is 73.4 cm³/mol. The molecule has 0 spiro atoms. The maximum Gasteiger partial charge on any atom is 0.198 e. The van der Waals surface area contributed by atoms with Crippen LogP contribution in [0.25, 0.3) is 0 Å². The Balaban J connectivity index is 2.41. The van der Waals surface area contributed by atoms with Crippen molar-refractivity contribution in [2.24, 2.45) is 5.73 Å². The Bertz CT molecular complexity index is 640. The Morgan fingerprint density at radius 1 is 1.00 bits per heavy atom. The normalized spacial score (nSPS) is 10.4. The zero-order chi connectivity index (χ0) is 14.9. The summed E-state index contributed by atoms with van der Waals surface area (Å²) in [5.41, 5.74) is 7.05. The molecule has 3 N–H and O–H groups in total. The van der Waals surface area contributed by atoms with Gasteiger partial charge in [-0.25, -0.2) is 8.78 Å². The molecule has 0 aliphatic carbocycles. The molecule has 0 aliphatic heterocycles. The maximum absolute atomic E-state index is 13.8. The molecule has 5 heteroatoms. The van der Waals surface area contributed by atoms with Crippen LogP contribution >= 0.6 is 0 Å². The lowest BCUT2D eigenvalue weighted by Gasteiger charge is -2.10. The van der Waals surface area contributed by atoms with E-state index in [9.17, 15) is 8.78 Å². The van der Waals surface area contributed by atoms with E-state index in [2.05, 4.69) is 0 Å². The molecule has 20 heavy (non-hydrogen) atoms. The number of hydrogen-bond donors (Lipinski definition) is 2. The molecule has 0 heterocycles. The first-order valence-corrected chi connectivity index (χ1v) is 5.96. The lowest BCUT2D eigenvalue weighted by Crippen LogP contribution is -2.12. The molecular formula is C15H14F2N2O. The average Bonchev–Trinajstić information content (AvgIpc) is 2.32. The van der Waals surface area contributed by atoms with Crippen molar-refractivity contribution < 1.29 is 13.5 Å². The van der Waals surface area contributed by atoms with Crippen molar-refractivity contribution in [2.75, 3.05) is 0 Å². The largest absolute Gasteiger partial charge is 0.451 e. The summed E-state index contributed by atoms with van der Waals surface area (Å²) in [6, 6.07) is 7.25. The third-order valence-corrected chi connectivity index (χ3v) is 2.72. The summed E-state index contributed by atoms with van der Waals surface area (Å²) in [4.78, 5) is 0. The number of ether oxygens (including phenoxy) is 1. The molecular weight excluding hydrogens is 262 g/mol. The first-order valence-electron chi connectivity index (χ1n) is 5.96. The van der Waals surface area contributed by atoms with Crippen molar-refractivity contribution in [3.05, 3.63) is 58.7 Å². The van der Waals surface area contributed by atoms with Crippen molar-refractivity contribution in [3.63, 3.8) is 0 Å². The topological polar surface area (TPSA) is 59.1 Å². The highest BCUT2D eigenvalue weighted by atomic mass is 19.1. The molecule has 0 unspecified atom stereocenters. The minimum absolute atomic E-state index is 0.0206. The zero-order valence-corrected chi connectivity index (χ0v) is 11.1. The lowest BCUT2D eigenvalue weighted by molar-refractivity contribution is 0.407. The molecule has 2 rings (SSSR count). The number of nitrogens with one attached hydrogen (secondary N) is 1. The van der Waals surface area contributed by atoms with E-state index in [1.807, 2.05) is 19.9 Å². The van der Waals surface area contributed by atoms with Crippen LogP contribution < -0.4 is 10.5 Å². The van der Waals surface area contributed by atoms with E-state index >= 15 is 0 Å². The van der Waals surface area contributed by atoms with E-state index in [-0.39, 0.29) is 5.56 Å². The van der Waals surface area contributed by atoms with Crippen LogP contribution in [0.4, 0.5) is 8.78 Å². The van der Waals surface area contributed by atoms with Crippen molar-refractivity contribution >= 4 is 5.84 Å². The highest BCUT2D eigenvalue weighted by molar-refractivity contribution is 5.95. The third kappa shape index (κ3) is 2.93. The number of nitrogens with two attached hydrogens (primary N) is 1. The Hall–Kier alpha value is -2.43. The minimum atomic E-state index is -0.894. The Morgan fingerprint density at radius 2 is 1.50 bits per heavy atom. The monoisotopic (exact) mass is 276 g/mol. The number of amidine groups is 1. The zero-order valence-electron chi connectivity index (χ0n) is 11.1. The van der Waals surface area contributed by atoms with E-state index < -0.39 is 23.2 Å². The SMILES string of the molecule is Cc1cc(C)cc(Oc2c(F)cc(C(=N)N)cc2F)c1. The molecule has 0 saturated carbocycles. The van der Waals surface area contributed by atoms with Gasteiger partial charge < -0.3 is 10.5 Å². The van der Waals surface area contributed by atoms with Gasteiger partial charge in [-0.05, 0) is 49.2 Å². The number of aryl methyl sites for hydroxylation is 2. The fourth-order valence-electron chi connectivity index (χ4n) is 1.92. The summed E-state index contributed by atoms with van der Waals surface area (Å²) in [5.74, 6) is -2.33. The lowest BCUT2D eigenvalue weighted by atomic mass is 10.1. The standard InChI is InChI=1S/C15H14F2N2O/c1-8-3-9(2)5-11(4-8)20-14-12(16)6-10(15(18)19)7-13(14)17/h3-7H,1-2H3,(H3,18,19). The van der Waals surface area contributed by atoms with E-state index in [0.717, 1.165) is 23.3 Å². The van der Waals surface area contributed by atoms with Gasteiger partial charge in [0, 0.05) is 5.56 Å². The first kappa shape index (κ1) is 14.0. The van der Waals surface area contributed by atoms with Gasteiger partial charge in [-0.2, -0.15) is 0 Å². The van der Waals surface area contributed by atoms with Crippen molar-refractivity contribution in [1.82, 2.24) is 0 Å². The van der Waals surface area contributed by atoms with Gasteiger partial charge in [0.25, 0.3) is 0 Å². The molecule has 0 bridgehead atoms. The van der Waals surface area contributed by atoms with Gasteiger partial charge in [-0.15, -0.1) is 0 Å². The highest BCUT2D eigenvalue weighted by Crippen LogP contribution is 2.29. The Morgan fingerprint density at radius 3 is 1.95 bits per heavy atom. The summed E-state index contributed by atoms with van der Waals surface area (Å²) in [7, 11) is 0. The molecule has 0 amide bonds. The molecule has 0 aromatic heterocycles. The van der Waals surface area contributed by atoms with Crippen molar-refractivity contribution in [3.8, 4) is 11.5 Å². The van der Waals surface area contributed by atoms with E-state index in [0.29, 0.717) is 5.75 Å². The second kappa shape index (κ2) is 5.28.